The Morgan fingerprint density at radius 1 is 1.20 bits per heavy atom. The van der Waals surface area contributed by atoms with E-state index in [9.17, 15) is 13.2 Å². The molecule has 138 valence electrons. The smallest absolute Gasteiger partial charge is 0.355 e. The molecule has 0 amide bonds. The molecule has 2 N–H and O–H groups in total. The van der Waals surface area contributed by atoms with Gasteiger partial charge in [-0.2, -0.15) is 18.3 Å². The number of benzene rings is 1. The van der Waals surface area contributed by atoms with Crippen LogP contribution in [0.4, 0.5) is 13.2 Å². The predicted octanol–water partition coefficient (Wildman–Crippen LogP) is 3.19. The van der Waals surface area contributed by atoms with E-state index in [1.165, 1.54) is 12.1 Å². The zero-order valence-corrected chi connectivity index (χ0v) is 16.3. The van der Waals surface area contributed by atoms with Gasteiger partial charge in [0.05, 0.1) is 18.3 Å². The van der Waals surface area contributed by atoms with Crippen molar-refractivity contribution in [2.75, 3.05) is 13.6 Å². The maximum absolute atomic E-state index is 12.5. The highest BCUT2D eigenvalue weighted by atomic mass is 127. The molecular weight excluding hydrogens is 446 g/mol. The summed E-state index contributed by atoms with van der Waals surface area (Å²) in [6, 6.07) is 5.06. The summed E-state index contributed by atoms with van der Waals surface area (Å²) in [5.41, 5.74) is 1.19. The summed E-state index contributed by atoms with van der Waals surface area (Å²) >= 11 is 0. The number of halogens is 4. The van der Waals surface area contributed by atoms with Gasteiger partial charge in [0, 0.05) is 26.3 Å². The van der Waals surface area contributed by atoms with Gasteiger partial charge in [-0.15, -0.1) is 24.0 Å². The second-order valence-corrected chi connectivity index (χ2v) is 5.33. The first-order chi connectivity index (χ1) is 11.4. The zero-order valence-electron chi connectivity index (χ0n) is 14.0. The highest BCUT2D eigenvalue weighted by molar-refractivity contribution is 14.0. The number of aryl methyl sites for hydroxylation is 1. The lowest BCUT2D eigenvalue weighted by molar-refractivity contribution is -0.137. The summed E-state index contributed by atoms with van der Waals surface area (Å²) in [4.78, 5) is 4.08. The monoisotopic (exact) mass is 467 g/mol. The van der Waals surface area contributed by atoms with Crippen LogP contribution in [-0.2, 0) is 19.3 Å². The van der Waals surface area contributed by atoms with E-state index in [-0.39, 0.29) is 24.0 Å². The Morgan fingerprint density at radius 3 is 2.40 bits per heavy atom. The summed E-state index contributed by atoms with van der Waals surface area (Å²) in [5.74, 6) is 0.582. The largest absolute Gasteiger partial charge is 0.416 e. The summed E-state index contributed by atoms with van der Waals surface area (Å²) < 4.78 is 39.4. The molecular formula is C16H21F3IN5. The van der Waals surface area contributed by atoms with Crippen LogP contribution in [0.5, 0.6) is 0 Å². The number of guanidine groups is 1. The van der Waals surface area contributed by atoms with Gasteiger partial charge in [0.25, 0.3) is 0 Å². The highest BCUT2D eigenvalue weighted by Crippen LogP contribution is 2.28. The molecule has 0 aliphatic carbocycles. The average Bonchev–Trinajstić information content (AvgIpc) is 2.95. The minimum absolute atomic E-state index is 0. The van der Waals surface area contributed by atoms with Crippen LogP contribution in [-0.4, -0.2) is 29.3 Å². The number of rotatable bonds is 5. The minimum Gasteiger partial charge on any atom is -0.355 e. The molecule has 0 saturated carbocycles. The van der Waals surface area contributed by atoms with Crippen LogP contribution in [0, 0.1) is 6.92 Å². The lowest BCUT2D eigenvalue weighted by Crippen LogP contribution is -2.38. The molecule has 0 aliphatic rings. The summed E-state index contributed by atoms with van der Waals surface area (Å²) in [5, 5.41) is 10.4. The van der Waals surface area contributed by atoms with Gasteiger partial charge in [-0.05, 0) is 30.2 Å². The van der Waals surface area contributed by atoms with Crippen LogP contribution in [0.1, 0.15) is 16.7 Å². The van der Waals surface area contributed by atoms with Crippen molar-refractivity contribution in [3.05, 3.63) is 53.3 Å². The Balaban J connectivity index is 0.00000312. The van der Waals surface area contributed by atoms with Gasteiger partial charge < -0.3 is 10.6 Å². The van der Waals surface area contributed by atoms with E-state index in [1.807, 2.05) is 17.8 Å². The average molecular weight is 467 g/mol. The Morgan fingerprint density at radius 2 is 1.88 bits per heavy atom. The Bertz CT molecular complexity index is 680. The lowest BCUT2D eigenvalue weighted by Gasteiger charge is -2.12. The van der Waals surface area contributed by atoms with Crippen LogP contribution in [0.25, 0.3) is 0 Å². The molecule has 9 heteroatoms. The summed E-state index contributed by atoms with van der Waals surface area (Å²) in [6.07, 6.45) is -0.577. The molecule has 1 aromatic carbocycles. The molecule has 0 unspecified atom stereocenters. The molecule has 1 heterocycles. The molecule has 5 nitrogen and oxygen atoms in total. The normalized spacial score (nSPS) is 11.8. The first kappa shape index (κ1) is 21.3. The minimum atomic E-state index is -4.31. The van der Waals surface area contributed by atoms with Crippen molar-refractivity contribution >= 4 is 29.9 Å². The number of aliphatic imine (C=N–C) groups is 1. The standard InChI is InChI=1S/C16H20F3N5.HI/c1-12-9-23-24(11-12)8-7-21-15(20-2)22-10-13-3-5-14(6-4-13)16(17,18)19;/h3-6,9,11H,7-8,10H2,1-2H3,(H2,20,21,22);1H. The third-order valence-corrected chi connectivity index (χ3v) is 3.36. The fraction of sp³-hybridized carbons (Fsp3) is 0.375. The van der Waals surface area contributed by atoms with Crippen LogP contribution in [0.2, 0.25) is 0 Å². The van der Waals surface area contributed by atoms with Gasteiger partial charge in [-0.25, -0.2) is 0 Å². The molecule has 0 saturated heterocycles. The molecule has 1 aromatic heterocycles. The molecule has 0 atom stereocenters. The Labute approximate surface area is 161 Å². The van der Waals surface area contributed by atoms with E-state index in [2.05, 4.69) is 20.7 Å². The van der Waals surface area contributed by atoms with Gasteiger partial charge in [0.15, 0.2) is 5.96 Å². The number of hydrogen-bond acceptors (Lipinski definition) is 2. The van der Waals surface area contributed by atoms with Gasteiger partial charge in [0.1, 0.15) is 0 Å². The molecule has 2 rings (SSSR count). The van der Waals surface area contributed by atoms with Crippen molar-refractivity contribution in [1.82, 2.24) is 20.4 Å². The fourth-order valence-corrected chi connectivity index (χ4v) is 2.10. The maximum Gasteiger partial charge on any atom is 0.416 e. The van der Waals surface area contributed by atoms with Crippen LogP contribution in [0.3, 0.4) is 0 Å². The van der Waals surface area contributed by atoms with E-state index in [0.29, 0.717) is 25.6 Å². The number of hydrogen-bond donors (Lipinski definition) is 2. The van der Waals surface area contributed by atoms with Crippen molar-refractivity contribution in [3.63, 3.8) is 0 Å². The number of nitrogens with zero attached hydrogens (tertiary/aromatic N) is 3. The van der Waals surface area contributed by atoms with E-state index in [1.54, 1.807) is 13.2 Å². The number of aromatic nitrogens is 2. The molecule has 0 aliphatic heterocycles. The van der Waals surface area contributed by atoms with Crippen molar-refractivity contribution in [2.45, 2.75) is 26.2 Å². The van der Waals surface area contributed by atoms with Crippen molar-refractivity contribution in [2.24, 2.45) is 4.99 Å². The molecule has 0 spiro atoms. The molecule has 0 radical (unpaired) electrons. The molecule has 0 bridgehead atoms. The Kier molecular flexibility index (Phi) is 8.20. The van der Waals surface area contributed by atoms with E-state index in [0.717, 1.165) is 23.3 Å². The molecule has 0 fully saturated rings. The lowest BCUT2D eigenvalue weighted by atomic mass is 10.1. The summed E-state index contributed by atoms with van der Waals surface area (Å²) in [6.45, 7) is 3.68. The van der Waals surface area contributed by atoms with Crippen LogP contribution in [0.15, 0.2) is 41.7 Å². The highest BCUT2D eigenvalue weighted by Gasteiger charge is 2.29. The molecule has 25 heavy (non-hydrogen) atoms. The van der Waals surface area contributed by atoms with Crippen LogP contribution < -0.4 is 10.6 Å². The third kappa shape index (κ3) is 6.92. The SMILES string of the molecule is CN=C(NCCn1cc(C)cn1)NCc1ccc(C(F)(F)F)cc1.I. The predicted molar refractivity (Wildman–Crippen MR) is 102 cm³/mol. The number of alkyl halides is 3. The summed E-state index contributed by atoms with van der Waals surface area (Å²) in [7, 11) is 1.64. The second-order valence-electron chi connectivity index (χ2n) is 5.33. The van der Waals surface area contributed by atoms with Gasteiger partial charge in [-0.3, -0.25) is 9.67 Å². The Hall–Kier alpha value is -1.78. The van der Waals surface area contributed by atoms with Gasteiger partial charge >= 0.3 is 6.18 Å². The van der Waals surface area contributed by atoms with E-state index < -0.39 is 11.7 Å². The maximum atomic E-state index is 12.5. The second kappa shape index (κ2) is 9.64. The third-order valence-electron chi connectivity index (χ3n) is 3.36. The fourth-order valence-electron chi connectivity index (χ4n) is 2.10. The van der Waals surface area contributed by atoms with Crippen molar-refractivity contribution in [3.8, 4) is 0 Å². The topological polar surface area (TPSA) is 54.2 Å². The van der Waals surface area contributed by atoms with E-state index in [4.69, 9.17) is 0 Å². The van der Waals surface area contributed by atoms with Crippen molar-refractivity contribution < 1.29 is 13.2 Å². The quantitative estimate of drug-likeness (QED) is 0.404. The van der Waals surface area contributed by atoms with Crippen LogP contribution >= 0.6 is 24.0 Å². The first-order valence-corrected chi connectivity index (χ1v) is 7.48. The molecule has 2 aromatic rings. The van der Waals surface area contributed by atoms with Gasteiger partial charge in [-0.1, -0.05) is 12.1 Å². The first-order valence-electron chi connectivity index (χ1n) is 7.48. The van der Waals surface area contributed by atoms with E-state index >= 15 is 0 Å². The van der Waals surface area contributed by atoms with Gasteiger partial charge in [0.2, 0.25) is 0 Å². The zero-order chi connectivity index (χ0) is 17.6. The van der Waals surface area contributed by atoms with Crippen molar-refractivity contribution in [1.29, 1.82) is 0 Å². The number of nitrogens with one attached hydrogen (secondary N) is 2.